The molecule has 0 unspecified atom stereocenters. The molecular weight excluding hydrogens is 235 g/mol. The van der Waals surface area contributed by atoms with Gasteiger partial charge in [0.2, 0.25) is 0 Å². The van der Waals surface area contributed by atoms with Gasteiger partial charge in [-0.2, -0.15) is 13.2 Å². The summed E-state index contributed by atoms with van der Waals surface area (Å²) in [6.07, 6.45) is -1.78. The summed E-state index contributed by atoms with van der Waals surface area (Å²) in [7, 11) is 0. The van der Waals surface area contributed by atoms with Gasteiger partial charge in [-0.15, -0.1) is 0 Å². The van der Waals surface area contributed by atoms with Gasteiger partial charge in [0, 0.05) is 18.0 Å². The maximum Gasteiger partial charge on any atom is 0.433 e. The van der Waals surface area contributed by atoms with Crippen LogP contribution in [0.15, 0.2) is 29.3 Å². The van der Waals surface area contributed by atoms with E-state index in [-0.39, 0.29) is 5.56 Å². The summed E-state index contributed by atoms with van der Waals surface area (Å²) in [5.41, 5.74) is -1.79. The fraction of sp³-hybridized carbons (Fsp3) is 0.200. The third-order valence-electron chi connectivity index (χ3n) is 2.33. The number of nitrogens with one attached hydrogen (secondary N) is 1. The zero-order chi connectivity index (χ0) is 12.6. The van der Waals surface area contributed by atoms with Crippen molar-refractivity contribution < 1.29 is 13.2 Å². The molecule has 2 rings (SSSR count). The SMILES string of the molecule is Cc1c(C(F)(F)F)[nH]n(-c2ccncc2)c1=O. The van der Waals surface area contributed by atoms with Crippen molar-refractivity contribution in [2.45, 2.75) is 13.1 Å². The molecule has 0 saturated carbocycles. The largest absolute Gasteiger partial charge is 0.433 e. The molecule has 0 fully saturated rings. The highest BCUT2D eigenvalue weighted by Gasteiger charge is 2.36. The van der Waals surface area contributed by atoms with Crippen molar-refractivity contribution in [3.63, 3.8) is 0 Å². The molecule has 0 aliphatic rings. The molecule has 90 valence electrons. The van der Waals surface area contributed by atoms with E-state index >= 15 is 0 Å². The molecule has 0 bridgehead atoms. The maximum absolute atomic E-state index is 12.6. The quantitative estimate of drug-likeness (QED) is 0.831. The molecule has 0 aliphatic carbocycles. The second-order valence-electron chi connectivity index (χ2n) is 3.46. The number of rotatable bonds is 1. The van der Waals surface area contributed by atoms with Crippen LogP contribution >= 0.6 is 0 Å². The van der Waals surface area contributed by atoms with E-state index in [4.69, 9.17) is 0 Å². The van der Waals surface area contributed by atoms with E-state index in [2.05, 4.69) is 10.1 Å². The van der Waals surface area contributed by atoms with Crippen molar-refractivity contribution >= 4 is 0 Å². The Bertz CT molecular complexity index is 583. The molecule has 0 radical (unpaired) electrons. The average Bonchev–Trinajstić information content (AvgIpc) is 2.57. The van der Waals surface area contributed by atoms with Crippen molar-refractivity contribution in [1.29, 1.82) is 0 Å². The van der Waals surface area contributed by atoms with Crippen LogP contribution in [0.2, 0.25) is 0 Å². The Morgan fingerprint density at radius 1 is 1.29 bits per heavy atom. The lowest BCUT2D eigenvalue weighted by atomic mass is 10.3. The Labute approximate surface area is 93.7 Å². The van der Waals surface area contributed by atoms with Crippen molar-refractivity contribution in [3.05, 3.63) is 46.1 Å². The summed E-state index contributed by atoms with van der Waals surface area (Å²) in [6, 6.07) is 2.88. The highest BCUT2D eigenvalue weighted by molar-refractivity contribution is 5.31. The topological polar surface area (TPSA) is 50.7 Å². The molecule has 2 aromatic heterocycles. The fourth-order valence-electron chi connectivity index (χ4n) is 1.47. The van der Waals surface area contributed by atoms with Crippen molar-refractivity contribution in [2.24, 2.45) is 0 Å². The standard InChI is InChI=1S/C10H8F3N3O/c1-6-8(10(11,12)13)15-16(9(6)17)7-2-4-14-5-3-7/h2-5,15H,1H3. The molecule has 0 aliphatic heterocycles. The molecular formula is C10H8F3N3O. The number of alkyl halides is 3. The van der Waals surface area contributed by atoms with Crippen molar-refractivity contribution in [1.82, 2.24) is 14.8 Å². The van der Waals surface area contributed by atoms with E-state index in [0.717, 1.165) is 11.6 Å². The Balaban J connectivity index is 2.63. The van der Waals surface area contributed by atoms with Gasteiger partial charge in [-0.3, -0.25) is 14.9 Å². The van der Waals surface area contributed by atoms with Gasteiger partial charge in [-0.1, -0.05) is 0 Å². The van der Waals surface area contributed by atoms with Crippen LogP contribution in [0.25, 0.3) is 5.69 Å². The molecule has 17 heavy (non-hydrogen) atoms. The van der Waals surface area contributed by atoms with Gasteiger partial charge in [0.25, 0.3) is 5.56 Å². The number of H-pyrrole nitrogens is 1. The van der Waals surface area contributed by atoms with E-state index < -0.39 is 17.4 Å². The van der Waals surface area contributed by atoms with Crippen LogP contribution in [0.5, 0.6) is 0 Å². The number of hydrogen-bond acceptors (Lipinski definition) is 2. The monoisotopic (exact) mass is 243 g/mol. The molecule has 0 atom stereocenters. The Kier molecular flexibility index (Phi) is 2.53. The molecule has 4 nitrogen and oxygen atoms in total. The minimum Gasteiger partial charge on any atom is -0.286 e. The number of pyridine rings is 1. The van der Waals surface area contributed by atoms with Crippen LogP contribution in [0.1, 0.15) is 11.3 Å². The Morgan fingerprint density at radius 2 is 1.88 bits per heavy atom. The van der Waals surface area contributed by atoms with Crippen LogP contribution in [0.3, 0.4) is 0 Å². The first-order valence-electron chi connectivity index (χ1n) is 4.70. The maximum atomic E-state index is 12.6. The molecule has 2 aromatic rings. The van der Waals surface area contributed by atoms with E-state index in [0.29, 0.717) is 5.69 Å². The molecule has 1 N–H and O–H groups in total. The summed E-state index contributed by atoms with van der Waals surface area (Å²) in [5, 5.41) is 2.06. The third-order valence-corrected chi connectivity index (χ3v) is 2.33. The first kappa shape index (κ1) is 11.4. The summed E-state index contributed by atoms with van der Waals surface area (Å²) in [5.74, 6) is 0. The van der Waals surface area contributed by atoms with Crippen LogP contribution in [-0.4, -0.2) is 14.8 Å². The number of hydrogen-bond donors (Lipinski definition) is 1. The second-order valence-corrected chi connectivity index (χ2v) is 3.46. The van der Waals surface area contributed by atoms with Gasteiger partial charge in [-0.05, 0) is 19.1 Å². The smallest absolute Gasteiger partial charge is 0.286 e. The zero-order valence-electron chi connectivity index (χ0n) is 8.75. The summed E-state index contributed by atoms with van der Waals surface area (Å²) >= 11 is 0. The van der Waals surface area contributed by atoms with Gasteiger partial charge < -0.3 is 0 Å². The number of halogens is 3. The number of nitrogens with zero attached hydrogens (tertiary/aromatic N) is 2. The lowest BCUT2D eigenvalue weighted by Crippen LogP contribution is -2.15. The lowest BCUT2D eigenvalue weighted by molar-refractivity contribution is -0.141. The van der Waals surface area contributed by atoms with Crippen LogP contribution in [0, 0.1) is 6.92 Å². The van der Waals surface area contributed by atoms with E-state index in [1.54, 1.807) is 0 Å². The summed E-state index contributed by atoms with van der Waals surface area (Å²) < 4.78 is 38.5. The predicted octanol–water partition coefficient (Wildman–Crippen LogP) is 1.89. The molecule has 0 aromatic carbocycles. The van der Waals surface area contributed by atoms with Gasteiger partial charge >= 0.3 is 6.18 Å². The summed E-state index contributed by atoms with van der Waals surface area (Å²) in [4.78, 5) is 15.4. The van der Waals surface area contributed by atoms with Gasteiger partial charge in [0.05, 0.1) is 5.69 Å². The first-order chi connectivity index (χ1) is 7.91. The van der Waals surface area contributed by atoms with Gasteiger partial charge in [0.15, 0.2) is 0 Å². The second kappa shape index (κ2) is 3.76. The highest BCUT2D eigenvalue weighted by Crippen LogP contribution is 2.29. The van der Waals surface area contributed by atoms with E-state index in [1.165, 1.54) is 24.5 Å². The number of aromatic nitrogens is 3. The molecule has 0 spiro atoms. The van der Waals surface area contributed by atoms with E-state index in [9.17, 15) is 18.0 Å². The molecule has 0 amide bonds. The average molecular weight is 243 g/mol. The van der Waals surface area contributed by atoms with Crippen LogP contribution in [0.4, 0.5) is 13.2 Å². The normalized spacial score (nSPS) is 11.8. The Morgan fingerprint density at radius 3 is 2.35 bits per heavy atom. The van der Waals surface area contributed by atoms with Crippen molar-refractivity contribution in [3.8, 4) is 5.69 Å². The van der Waals surface area contributed by atoms with Gasteiger partial charge in [0.1, 0.15) is 5.69 Å². The number of aromatic amines is 1. The lowest BCUT2D eigenvalue weighted by Gasteiger charge is -2.04. The molecule has 0 saturated heterocycles. The molecule has 7 heteroatoms. The van der Waals surface area contributed by atoms with Crippen LogP contribution < -0.4 is 5.56 Å². The fourth-order valence-corrected chi connectivity index (χ4v) is 1.47. The predicted molar refractivity (Wildman–Crippen MR) is 53.9 cm³/mol. The van der Waals surface area contributed by atoms with E-state index in [1.807, 2.05) is 0 Å². The van der Waals surface area contributed by atoms with Crippen molar-refractivity contribution in [2.75, 3.05) is 0 Å². The zero-order valence-corrected chi connectivity index (χ0v) is 8.75. The van der Waals surface area contributed by atoms with Gasteiger partial charge in [-0.25, -0.2) is 4.68 Å². The molecule has 2 heterocycles. The third kappa shape index (κ3) is 1.95. The minimum atomic E-state index is -4.57. The van der Waals surface area contributed by atoms with Crippen LogP contribution in [-0.2, 0) is 6.18 Å². The highest BCUT2D eigenvalue weighted by atomic mass is 19.4. The minimum absolute atomic E-state index is 0.309. The summed E-state index contributed by atoms with van der Waals surface area (Å²) in [6.45, 7) is 1.14. The Hall–Kier alpha value is -2.05. The first-order valence-corrected chi connectivity index (χ1v) is 4.70.